The van der Waals surface area contributed by atoms with Crippen molar-refractivity contribution in [2.45, 2.75) is 58.0 Å². The van der Waals surface area contributed by atoms with Crippen molar-refractivity contribution >= 4 is 5.95 Å². The van der Waals surface area contributed by atoms with E-state index in [1.807, 2.05) is 6.20 Å². The van der Waals surface area contributed by atoms with Gasteiger partial charge in [0.1, 0.15) is 0 Å². The van der Waals surface area contributed by atoms with Crippen molar-refractivity contribution in [2.75, 3.05) is 19.0 Å². The molecule has 0 aliphatic heterocycles. The maximum absolute atomic E-state index is 5.11. The second kappa shape index (κ2) is 7.53. The predicted octanol–water partition coefficient (Wildman–Crippen LogP) is 3.30. The first-order valence-corrected chi connectivity index (χ1v) is 7.61. The highest BCUT2D eigenvalue weighted by Crippen LogP contribution is 2.29. The molecule has 2 atom stereocenters. The molecule has 4 heteroatoms. The lowest BCUT2D eigenvalue weighted by atomic mass is 9.83. The molecule has 1 aliphatic carbocycles. The van der Waals surface area contributed by atoms with Crippen LogP contribution < -0.4 is 5.32 Å². The molecule has 0 saturated heterocycles. The van der Waals surface area contributed by atoms with Gasteiger partial charge in [-0.2, -0.15) is 0 Å². The number of hydrogen-bond acceptors (Lipinski definition) is 3. The second-order valence-electron chi connectivity index (χ2n) is 5.49. The fourth-order valence-electron chi connectivity index (χ4n) is 3.06. The normalized spacial score (nSPS) is 23.5. The molecule has 1 fully saturated rings. The lowest BCUT2D eigenvalue weighted by molar-refractivity contribution is 0.190. The number of nitrogens with one attached hydrogen (secondary N) is 1. The third kappa shape index (κ3) is 3.96. The maximum atomic E-state index is 5.11. The molecule has 2 unspecified atom stereocenters. The summed E-state index contributed by atoms with van der Waals surface area (Å²) < 4.78 is 7.32. The predicted molar refractivity (Wildman–Crippen MR) is 78.4 cm³/mol. The van der Waals surface area contributed by atoms with Gasteiger partial charge in [0.15, 0.2) is 0 Å². The topological polar surface area (TPSA) is 39.1 Å². The Morgan fingerprint density at radius 2 is 2.26 bits per heavy atom. The Kier molecular flexibility index (Phi) is 5.70. The number of aromatic nitrogens is 2. The molecule has 1 heterocycles. The first-order chi connectivity index (χ1) is 9.35. The average Bonchev–Trinajstić information content (AvgIpc) is 2.87. The number of rotatable bonds is 7. The summed E-state index contributed by atoms with van der Waals surface area (Å²) in [5.41, 5.74) is 0. The van der Waals surface area contributed by atoms with Crippen LogP contribution in [0.15, 0.2) is 12.4 Å². The lowest BCUT2D eigenvalue weighted by Gasteiger charge is -2.32. The van der Waals surface area contributed by atoms with Gasteiger partial charge in [-0.05, 0) is 25.2 Å². The molecule has 2 rings (SSSR count). The molecule has 1 aromatic heterocycles. The van der Waals surface area contributed by atoms with Crippen LogP contribution in [0.5, 0.6) is 0 Å². The van der Waals surface area contributed by atoms with Crippen LogP contribution in [0.3, 0.4) is 0 Å². The zero-order chi connectivity index (χ0) is 13.5. The molecule has 0 spiro atoms. The van der Waals surface area contributed by atoms with Crippen molar-refractivity contribution in [1.82, 2.24) is 9.55 Å². The minimum atomic E-state index is 0.599. The van der Waals surface area contributed by atoms with Crippen LogP contribution in [0.2, 0.25) is 0 Å². The molecule has 0 aromatic carbocycles. The summed E-state index contributed by atoms with van der Waals surface area (Å²) in [7, 11) is 1.75. The van der Waals surface area contributed by atoms with Crippen molar-refractivity contribution < 1.29 is 4.74 Å². The van der Waals surface area contributed by atoms with Gasteiger partial charge < -0.3 is 14.6 Å². The third-order valence-electron chi connectivity index (χ3n) is 4.21. The molecule has 0 radical (unpaired) electrons. The Bertz CT molecular complexity index is 364. The van der Waals surface area contributed by atoms with E-state index in [1.54, 1.807) is 7.11 Å². The van der Waals surface area contributed by atoms with Crippen molar-refractivity contribution in [1.29, 1.82) is 0 Å². The number of nitrogens with zero attached hydrogens (tertiary/aromatic N) is 2. The molecule has 1 N–H and O–H groups in total. The lowest BCUT2D eigenvalue weighted by Crippen LogP contribution is -2.33. The van der Waals surface area contributed by atoms with E-state index in [0.717, 1.165) is 31.4 Å². The van der Waals surface area contributed by atoms with Crippen LogP contribution in [0.1, 0.15) is 45.4 Å². The Hall–Kier alpha value is -1.03. The highest BCUT2D eigenvalue weighted by atomic mass is 16.5. The summed E-state index contributed by atoms with van der Waals surface area (Å²) in [6, 6.07) is 0.599. The van der Waals surface area contributed by atoms with E-state index in [0.29, 0.717) is 6.04 Å². The van der Waals surface area contributed by atoms with Crippen LogP contribution in [-0.2, 0) is 11.3 Å². The summed E-state index contributed by atoms with van der Waals surface area (Å²) >= 11 is 0. The third-order valence-corrected chi connectivity index (χ3v) is 4.21. The Labute approximate surface area is 116 Å². The Balaban J connectivity index is 1.92. The van der Waals surface area contributed by atoms with Crippen molar-refractivity contribution in [2.24, 2.45) is 5.92 Å². The molecule has 1 aromatic rings. The van der Waals surface area contributed by atoms with Gasteiger partial charge in [-0.25, -0.2) is 4.98 Å². The first kappa shape index (κ1) is 14.4. The number of ether oxygens (including phenoxy) is 1. The molecule has 108 valence electrons. The van der Waals surface area contributed by atoms with Crippen LogP contribution in [0.4, 0.5) is 5.95 Å². The monoisotopic (exact) mass is 265 g/mol. The second-order valence-corrected chi connectivity index (χ2v) is 5.49. The zero-order valence-electron chi connectivity index (χ0n) is 12.3. The highest BCUT2D eigenvalue weighted by molar-refractivity contribution is 5.28. The van der Waals surface area contributed by atoms with Crippen molar-refractivity contribution in [3.63, 3.8) is 0 Å². The fourth-order valence-corrected chi connectivity index (χ4v) is 3.06. The van der Waals surface area contributed by atoms with Gasteiger partial charge in [0.2, 0.25) is 5.95 Å². The van der Waals surface area contributed by atoms with E-state index in [9.17, 15) is 0 Å². The minimum Gasteiger partial charge on any atom is -0.385 e. The van der Waals surface area contributed by atoms with Gasteiger partial charge in [-0.3, -0.25) is 0 Å². The van der Waals surface area contributed by atoms with Crippen LogP contribution in [-0.4, -0.2) is 29.3 Å². The first-order valence-electron chi connectivity index (χ1n) is 7.61. The number of methoxy groups -OCH3 is 1. The zero-order valence-corrected chi connectivity index (χ0v) is 12.3. The van der Waals surface area contributed by atoms with Crippen LogP contribution >= 0.6 is 0 Å². The Morgan fingerprint density at radius 3 is 3.05 bits per heavy atom. The SMILES string of the molecule is CCC1CCCCC1Nc1nccn1CCCOC. The van der Waals surface area contributed by atoms with Gasteiger partial charge in [0.25, 0.3) is 0 Å². The van der Waals surface area contributed by atoms with E-state index in [4.69, 9.17) is 4.74 Å². The minimum absolute atomic E-state index is 0.599. The largest absolute Gasteiger partial charge is 0.385 e. The van der Waals surface area contributed by atoms with Gasteiger partial charge in [-0.15, -0.1) is 0 Å². The van der Waals surface area contributed by atoms with Gasteiger partial charge in [-0.1, -0.05) is 26.2 Å². The van der Waals surface area contributed by atoms with Gasteiger partial charge in [0.05, 0.1) is 0 Å². The van der Waals surface area contributed by atoms with E-state index in [1.165, 1.54) is 32.1 Å². The quantitative estimate of drug-likeness (QED) is 0.769. The smallest absolute Gasteiger partial charge is 0.202 e. The number of aryl methyl sites for hydroxylation is 1. The van der Waals surface area contributed by atoms with E-state index in [-0.39, 0.29) is 0 Å². The summed E-state index contributed by atoms with van der Waals surface area (Å²) in [5, 5.41) is 3.67. The maximum Gasteiger partial charge on any atom is 0.202 e. The van der Waals surface area contributed by atoms with E-state index >= 15 is 0 Å². The standard InChI is InChI=1S/C15H27N3O/c1-3-13-7-4-5-8-14(13)17-15-16-9-11-18(15)10-6-12-19-2/h9,11,13-14H,3-8,10,12H2,1-2H3,(H,16,17). The molecule has 1 aliphatic rings. The van der Waals surface area contributed by atoms with Crippen molar-refractivity contribution in [3.8, 4) is 0 Å². The number of anilines is 1. The average molecular weight is 265 g/mol. The number of imidazole rings is 1. The van der Waals surface area contributed by atoms with Gasteiger partial charge >= 0.3 is 0 Å². The molecule has 19 heavy (non-hydrogen) atoms. The molecule has 0 bridgehead atoms. The van der Waals surface area contributed by atoms with Crippen LogP contribution in [0.25, 0.3) is 0 Å². The highest BCUT2D eigenvalue weighted by Gasteiger charge is 2.24. The van der Waals surface area contributed by atoms with Crippen LogP contribution in [0, 0.1) is 5.92 Å². The summed E-state index contributed by atoms with van der Waals surface area (Å²) in [6.07, 6.45) is 11.6. The molecule has 0 amide bonds. The van der Waals surface area contributed by atoms with E-state index in [2.05, 4.69) is 28.0 Å². The molecular weight excluding hydrogens is 238 g/mol. The molecule has 4 nitrogen and oxygen atoms in total. The number of hydrogen-bond donors (Lipinski definition) is 1. The molecular formula is C15H27N3O. The van der Waals surface area contributed by atoms with E-state index < -0.39 is 0 Å². The summed E-state index contributed by atoms with van der Waals surface area (Å²) in [5.74, 6) is 1.83. The summed E-state index contributed by atoms with van der Waals surface area (Å²) in [4.78, 5) is 4.47. The van der Waals surface area contributed by atoms with Gasteiger partial charge in [0, 0.05) is 38.7 Å². The molecule has 1 saturated carbocycles. The summed E-state index contributed by atoms with van der Waals surface area (Å²) in [6.45, 7) is 4.08. The van der Waals surface area contributed by atoms with Crippen molar-refractivity contribution in [3.05, 3.63) is 12.4 Å². The Morgan fingerprint density at radius 1 is 1.42 bits per heavy atom. The fraction of sp³-hybridized carbons (Fsp3) is 0.800.